The van der Waals surface area contributed by atoms with Crippen molar-refractivity contribution in [3.63, 3.8) is 0 Å². The molecular weight excluding hydrogens is 220 g/mol. The molecule has 2 aromatic rings. The Balaban J connectivity index is 2.10. The smallest absolute Gasteiger partial charge is 0.0576 e. The fraction of sp³-hybridized carbons (Fsp3) is 0.312. The van der Waals surface area contributed by atoms with E-state index in [1.807, 2.05) is 18.3 Å². The molecule has 0 spiro atoms. The molecule has 0 saturated carbocycles. The summed E-state index contributed by atoms with van der Waals surface area (Å²) in [7, 11) is 0. The Labute approximate surface area is 109 Å². The van der Waals surface area contributed by atoms with Crippen molar-refractivity contribution in [2.45, 2.75) is 25.8 Å². The number of aromatic nitrogens is 1. The average Bonchev–Trinajstić information content (AvgIpc) is 2.45. The van der Waals surface area contributed by atoms with Gasteiger partial charge in [-0.1, -0.05) is 43.3 Å². The largest absolute Gasteiger partial charge is 0.308 e. The summed E-state index contributed by atoms with van der Waals surface area (Å²) in [5.41, 5.74) is 2.46. The summed E-state index contributed by atoms with van der Waals surface area (Å²) in [6.07, 6.45) is 3.98. The van der Waals surface area contributed by atoms with Crippen molar-refractivity contribution < 1.29 is 0 Å². The average molecular weight is 240 g/mol. The molecule has 0 aliphatic carbocycles. The molecule has 1 heterocycles. The SMILES string of the molecule is CCCNC(Cc1ccccc1)c1ccccn1. The molecule has 1 aromatic carbocycles. The van der Waals surface area contributed by atoms with Gasteiger partial charge < -0.3 is 5.32 Å². The highest BCUT2D eigenvalue weighted by Crippen LogP contribution is 2.16. The van der Waals surface area contributed by atoms with Crippen LogP contribution in [-0.4, -0.2) is 11.5 Å². The van der Waals surface area contributed by atoms with E-state index in [-0.39, 0.29) is 0 Å². The van der Waals surface area contributed by atoms with E-state index in [0.29, 0.717) is 6.04 Å². The molecule has 0 bridgehead atoms. The topological polar surface area (TPSA) is 24.9 Å². The van der Waals surface area contributed by atoms with E-state index in [1.54, 1.807) is 0 Å². The van der Waals surface area contributed by atoms with Crippen LogP contribution < -0.4 is 5.32 Å². The Kier molecular flexibility index (Phi) is 4.91. The van der Waals surface area contributed by atoms with Crippen LogP contribution in [-0.2, 0) is 6.42 Å². The molecule has 18 heavy (non-hydrogen) atoms. The summed E-state index contributed by atoms with van der Waals surface area (Å²) in [5.74, 6) is 0. The second-order valence-electron chi connectivity index (χ2n) is 4.45. The maximum absolute atomic E-state index is 4.47. The van der Waals surface area contributed by atoms with Gasteiger partial charge in [-0.3, -0.25) is 4.98 Å². The molecule has 0 fully saturated rings. The van der Waals surface area contributed by atoms with E-state index in [9.17, 15) is 0 Å². The number of benzene rings is 1. The maximum atomic E-state index is 4.47. The van der Waals surface area contributed by atoms with Gasteiger partial charge in [-0.15, -0.1) is 0 Å². The fourth-order valence-electron chi connectivity index (χ4n) is 2.03. The van der Waals surface area contributed by atoms with Gasteiger partial charge in [0.1, 0.15) is 0 Å². The molecule has 2 nitrogen and oxygen atoms in total. The van der Waals surface area contributed by atoms with Gasteiger partial charge in [0.05, 0.1) is 11.7 Å². The van der Waals surface area contributed by atoms with Crippen molar-refractivity contribution in [2.24, 2.45) is 0 Å². The zero-order valence-corrected chi connectivity index (χ0v) is 10.8. The number of rotatable bonds is 6. The number of pyridine rings is 1. The van der Waals surface area contributed by atoms with Crippen molar-refractivity contribution >= 4 is 0 Å². The highest BCUT2D eigenvalue weighted by Gasteiger charge is 2.11. The minimum absolute atomic E-state index is 0.300. The molecule has 0 aliphatic rings. The van der Waals surface area contributed by atoms with Crippen LogP contribution >= 0.6 is 0 Å². The second kappa shape index (κ2) is 6.92. The summed E-state index contributed by atoms with van der Waals surface area (Å²) in [5, 5.41) is 3.57. The number of hydrogen-bond donors (Lipinski definition) is 1. The minimum Gasteiger partial charge on any atom is -0.308 e. The Morgan fingerprint density at radius 1 is 1.06 bits per heavy atom. The first kappa shape index (κ1) is 12.8. The van der Waals surface area contributed by atoms with Gasteiger partial charge >= 0.3 is 0 Å². The van der Waals surface area contributed by atoms with E-state index >= 15 is 0 Å². The number of nitrogens with zero attached hydrogens (tertiary/aromatic N) is 1. The van der Waals surface area contributed by atoms with Crippen molar-refractivity contribution in [2.75, 3.05) is 6.54 Å². The number of nitrogens with one attached hydrogen (secondary N) is 1. The first-order valence-corrected chi connectivity index (χ1v) is 6.58. The molecule has 2 rings (SSSR count). The highest BCUT2D eigenvalue weighted by atomic mass is 14.9. The molecule has 0 aliphatic heterocycles. The molecule has 1 unspecified atom stereocenters. The molecular formula is C16H20N2. The Bertz CT molecular complexity index is 439. The van der Waals surface area contributed by atoms with Crippen LogP contribution in [0.25, 0.3) is 0 Å². The van der Waals surface area contributed by atoms with E-state index in [0.717, 1.165) is 25.1 Å². The Morgan fingerprint density at radius 3 is 2.50 bits per heavy atom. The molecule has 0 saturated heterocycles. The van der Waals surface area contributed by atoms with Gasteiger partial charge in [0.15, 0.2) is 0 Å². The minimum atomic E-state index is 0.300. The summed E-state index contributed by atoms with van der Waals surface area (Å²) in [6, 6.07) is 17.0. The van der Waals surface area contributed by atoms with E-state index < -0.39 is 0 Å². The second-order valence-corrected chi connectivity index (χ2v) is 4.45. The third-order valence-electron chi connectivity index (χ3n) is 2.97. The lowest BCUT2D eigenvalue weighted by Crippen LogP contribution is -2.24. The van der Waals surface area contributed by atoms with E-state index in [1.165, 1.54) is 5.56 Å². The van der Waals surface area contributed by atoms with Crippen molar-refractivity contribution in [3.05, 3.63) is 66.0 Å². The predicted octanol–water partition coefficient (Wildman–Crippen LogP) is 3.37. The molecule has 0 amide bonds. The molecule has 94 valence electrons. The van der Waals surface area contributed by atoms with Crippen LogP contribution in [0.5, 0.6) is 0 Å². The summed E-state index contributed by atoms with van der Waals surface area (Å²) in [6.45, 7) is 3.21. The van der Waals surface area contributed by atoms with Gasteiger partial charge in [-0.25, -0.2) is 0 Å². The zero-order chi connectivity index (χ0) is 12.6. The summed E-state index contributed by atoms with van der Waals surface area (Å²) in [4.78, 5) is 4.47. The fourth-order valence-corrected chi connectivity index (χ4v) is 2.03. The van der Waals surface area contributed by atoms with E-state index in [4.69, 9.17) is 0 Å². The maximum Gasteiger partial charge on any atom is 0.0576 e. The third-order valence-corrected chi connectivity index (χ3v) is 2.97. The molecule has 1 atom stereocenters. The predicted molar refractivity (Wildman–Crippen MR) is 75.4 cm³/mol. The summed E-state index contributed by atoms with van der Waals surface area (Å²) < 4.78 is 0. The lowest BCUT2D eigenvalue weighted by Gasteiger charge is -2.18. The highest BCUT2D eigenvalue weighted by molar-refractivity contribution is 5.19. The van der Waals surface area contributed by atoms with Crippen molar-refractivity contribution in [1.82, 2.24) is 10.3 Å². The number of hydrogen-bond acceptors (Lipinski definition) is 2. The lowest BCUT2D eigenvalue weighted by molar-refractivity contribution is 0.518. The molecule has 2 heteroatoms. The monoisotopic (exact) mass is 240 g/mol. The normalized spacial score (nSPS) is 12.3. The molecule has 1 N–H and O–H groups in total. The molecule has 1 aromatic heterocycles. The zero-order valence-electron chi connectivity index (χ0n) is 10.8. The summed E-state index contributed by atoms with van der Waals surface area (Å²) >= 11 is 0. The quantitative estimate of drug-likeness (QED) is 0.837. The van der Waals surface area contributed by atoms with Gasteiger partial charge in [0.2, 0.25) is 0 Å². The van der Waals surface area contributed by atoms with Crippen LogP contribution in [0.2, 0.25) is 0 Å². The van der Waals surface area contributed by atoms with Gasteiger partial charge in [0.25, 0.3) is 0 Å². The molecule has 0 radical (unpaired) electrons. The van der Waals surface area contributed by atoms with Crippen LogP contribution in [0.3, 0.4) is 0 Å². The lowest BCUT2D eigenvalue weighted by atomic mass is 10.0. The van der Waals surface area contributed by atoms with Crippen LogP contribution in [0.4, 0.5) is 0 Å². The Morgan fingerprint density at radius 2 is 1.83 bits per heavy atom. The van der Waals surface area contributed by atoms with Gasteiger partial charge in [-0.2, -0.15) is 0 Å². The standard InChI is InChI=1S/C16H20N2/c1-2-11-17-16(15-10-6-7-12-18-15)13-14-8-4-3-5-9-14/h3-10,12,16-17H,2,11,13H2,1H3. The van der Waals surface area contributed by atoms with Crippen LogP contribution in [0, 0.1) is 0 Å². The van der Waals surface area contributed by atoms with Crippen molar-refractivity contribution in [1.29, 1.82) is 0 Å². The van der Waals surface area contributed by atoms with Crippen LogP contribution in [0.1, 0.15) is 30.6 Å². The van der Waals surface area contributed by atoms with Crippen molar-refractivity contribution in [3.8, 4) is 0 Å². The van der Waals surface area contributed by atoms with Crippen LogP contribution in [0.15, 0.2) is 54.7 Å². The third kappa shape index (κ3) is 3.67. The van der Waals surface area contributed by atoms with Gasteiger partial charge in [-0.05, 0) is 37.1 Å². The Hall–Kier alpha value is -1.67. The first-order valence-electron chi connectivity index (χ1n) is 6.58. The first-order chi connectivity index (χ1) is 8.90. The van der Waals surface area contributed by atoms with E-state index in [2.05, 4.69) is 53.6 Å². The van der Waals surface area contributed by atoms with Gasteiger partial charge in [0, 0.05) is 6.20 Å².